The summed E-state index contributed by atoms with van der Waals surface area (Å²) in [5.41, 5.74) is 1.76. The van der Waals surface area contributed by atoms with E-state index in [0.29, 0.717) is 5.69 Å². The van der Waals surface area contributed by atoms with Crippen molar-refractivity contribution in [3.63, 3.8) is 0 Å². The first kappa shape index (κ1) is 8.69. The average Bonchev–Trinajstić information content (AvgIpc) is 2.09. The van der Waals surface area contributed by atoms with Crippen LogP contribution in [0.2, 0.25) is 0 Å². The molecule has 2 heteroatoms. The van der Waals surface area contributed by atoms with Gasteiger partial charge in [-0.15, -0.1) is 0 Å². The lowest BCUT2D eigenvalue weighted by Crippen LogP contribution is -1.82. The number of aryl methyl sites for hydroxylation is 1. The predicted molar refractivity (Wildman–Crippen MR) is 47.9 cm³/mol. The molecule has 0 spiro atoms. The van der Waals surface area contributed by atoms with Crippen LogP contribution in [0.1, 0.15) is 12.0 Å². The van der Waals surface area contributed by atoms with Gasteiger partial charge in [0.2, 0.25) is 6.08 Å². The van der Waals surface area contributed by atoms with Crippen molar-refractivity contribution in [3.8, 4) is 0 Å². The van der Waals surface area contributed by atoms with Crippen LogP contribution in [0, 0.1) is 6.92 Å². The van der Waals surface area contributed by atoms with Gasteiger partial charge >= 0.3 is 0 Å². The molecule has 0 N–H and O–H groups in total. The second-order valence-corrected chi connectivity index (χ2v) is 2.44. The van der Waals surface area contributed by atoms with E-state index in [0.717, 1.165) is 18.4 Å². The molecule has 0 aliphatic heterocycles. The van der Waals surface area contributed by atoms with Gasteiger partial charge in [0.25, 0.3) is 0 Å². The molecule has 0 bridgehead atoms. The molecule has 0 heterocycles. The zero-order chi connectivity index (χ0) is 8.81. The van der Waals surface area contributed by atoms with Crippen molar-refractivity contribution in [2.24, 2.45) is 4.99 Å². The molecule has 0 atom stereocenters. The van der Waals surface area contributed by atoms with Crippen molar-refractivity contribution in [3.05, 3.63) is 36.8 Å². The molecule has 0 amide bonds. The maximum Gasteiger partial charge on any atom is 0.240 e. The number of isocyanates is 1. The van der Waals surface area contributed by atoms with Gasteiger partial charge < -0.3 is 0 Å². The summed E-state index contributed by atoms with van der Waals surface area (Å²) in [6.07, 6.45) is 3.20. The summed E-state index contributed by atoms with van der Waals surface area (Å²) in [6, 6.07) is 7.52. The van der Waals surface area contributed by atoms with Gasteiger partial charge in [-0.05, 0) is 24.5 Å². The molecule has 2 nitrogen and oxygen atoms in total. The van der Waals surface area contributed by atoms with Crippen LogP contribution < -0.4 is 0 Å². The van der Waals surface area contributed by atoms with Gasteiger partial charge in [-0.25, -0.2) is 4.79 Å². The van der Waals surface area contributed by atoms with Crippen LogP contribution in [0.5, 0.6) is 0 Å². The number of carbonyl (C=O) groups excluding carboxylic acids is 1. The molecule has 0 aliphatic carbocycles. The van der Waals surface area contributed by atoms with Gasteiger partial charge in [0.15, 0.2) is 0 Å². The molecule has 1 radical (unpaired) electrons. The molecule has 1 aromatic carbocycles. The lowest BCUT2D eigenvalue weighted by atomic mass is 10.1. The first-order chi connectivity index (χ1) is 5.88. The molecule has 12 heavy (non-hydrogen) atoms. The number of para-hydroxylation sites is 1. The molecule has 61 valence electrons. The second kappa shape index (κ2) is 4.47. The van der Waals surface area contributed by atoms with Crippen molar-refractivity contribution in [1.82, 2.24) is 0 Å². The Morgan fingerprint density at radius 1 is 1.42 bits per heavy atom. The van der Waals surface area contributed by atoms with Gasteiger partial charge in [0.1, 0.15) is 0 Å². The molecular formula is C10H10NO. The first-order valence-electron chi connectivity index (χ1n) is 3.83. The molecule has 1 aromatic rings. The normalized spacial score (nSPS) is 9.08. The van der Waals surface area contributed by atoms with Crippen LogP contribution >= 0.6 is 0 Å². The summed E-state index contributed by atoms with van der Waals surface area (Å²) in [5.74, 6) is 0. The van der Waals surface area contributed by atoms with Gasteiger partial charge in [-0.2, -0.15) is 4.99 Å². The molecule has 0 saturated heterocycles. The highest BCUT2D eigenvalue weighted by Crippen LogP contribution is 2.18. The Morgan fingerprint density at radius 2 is 2.17 bits per heavy atom. The van der Waals surface area contributed by atoms with Crippen LogP contribution in [0.15, 0.2) is 29.3 Å². The van der Waals surface area contributed by atoms with Crippen molar-refractivity contribution >= 4 is 11.8 Å². The molecule has 1 rings (SSSR count). The third kappa shape index (κ3) is 2.04. The van der Waals surface area contributed by atoms with Crippen LogP contribution in [-0.4, -0.2) is 6.08 Å². The highest BCUT2D eigenvalue weighted by atomic mass is 16.1. The largest absolute Gasteiger partial charge is 0.240 e. The second-order valence-electron chi connectivity index (χ2n) is 2.44. The summed E-state index contributed by atoms with van der Waals surface area (Å²) in [7, 11) is 0. The Balaban J connectivity index is 2.99. The number of aliphatic imine (C=N–C) groups is 1. The maximum atomic E-state index is 10.0. The quantitative estimate of drug-likeness (QED) is 0.493. The Kier molecular flexibility index (Phi) is 3.24. The lowest BCUT2D eigenvalue weighted by molar-refractivity contribution is 0.565. The smallest absolute Gasteiger partial charge is 0.211 e. The Morgan fingerprint density at radius 3 is 2.83 bits per heavy atom. The number of hydrogen-bond donors (Lipinski definition) is 0. The molecule has 0 aromatic heterocycles. The maximum absolute atomic E-state index is 10.0. The van der Waals surface area contributed by atoms with Crippen molar-refractivity contribution in [1.29, 1.82) is 0 Å². The van der Waals surface area contributed by atoms with Gasteiger partial charge in [-0.1, -0.05) is 25.1 Å². The topological polar surface area (TPSA) is 29.4 Å². The van der Waals surface area contributed by atoms with Gasteiger partial charge in [-0.3, -0.25) is 0 Å². The number of hydrogen-bond acceptors (Lipinski definition) is 2. The van der Waals surface area contributed by atoms with Gasteiger partial charge in [0, 0.05) is 0 Å². The standard InChI is InChI=1S/C10H10NO/c1-2-5-9-6-3-4-7-10(9)11-8-12/h3-4,6-7H,1-2,5H2. The highest BCUT2D eigenvalue weighted by Gasteiger charge is 1.97. The average molecular weight is 160 g/mol. The molecule has 0 saturated carbocycles. The van der Waals surface area contributed by atoms with Gasteiger partial charge in [0.05, 0.1) is 5.69 Å². The summed E-state index contributed by atoms with van der Waals surface area (Å²) < 4.78 is 0. The number of nitrogens with zero attached hydrogens (tertiary/aromatic N) is 1. The predicted octanol–water partition coefficient (Wildman–Crippen LogP) is 2.42. The Labute approximate surface area is 71.9 Å². The number of rotatable bonds is 3. The molecule has 0 aliphatic rings. The van der Waals surface area contributed by atoms with E-state index >= 15 is 0 Å². The molecule has 0 fully saturated rings. The van der Waals surface area contributed by atoms with Crippen LogP contribution in [0.25, 0.3) is 0 Å². The minimum atomic E-state index is 0.705. The Bertz CT molecular complexity index is 300. The van der Waals surface area contributed by atoms with Crippen LogP contribution in [0.3, 0.4) is 0 Å². The lowest BCUT2D eigenvalue weighted by Gasteiger charge is -2.00. The fourth-order valence-corrected chi connectivity index (χ4v) is 1.07. The molecule has 0 unspecified atom stereocenters. The van der Waals surface area contributed by atoms with Crippen molar-refractivity contribution < 1.29 is 4.79 Å². The van der Waals surface area contributed by atoms with Crippen molar-refractivity contribution in [2.75, 3.05) is 0 Å². The third-order valence-electron chi connectivity index (χ3n) is 1.60. The van der Waals surface area contributed by atoms with E-state index < -0.39 is 0 Å². The zero-order valence-electron chi connectivity index (χ0n) is 6.79. The SMILES string of the molecule is [CH2]CCc1ccccc1N=C=O. The third-order valence-corrected chi connectivity index (χ3v) is 1.60. The monoisotopic (exact) mass is 160 g/mol. The van der Waals surface area contributed by atoms with E-state index in [4.69, 9.17) is 0 Å². The summed E-state index contributed by atoms with van der Waals surface area (Å²) in [4.78, 5) is 13.6. The fraction of sp³-hybridized carbons (Fsp3) is 0.200. The van der Waals surface area contributed by atoms with E-state index in [1.165, 1.54) is 6.08 Å². The van der Waals surface area contributed by atoms with Crippen molar-refractivity contribution in [2.45, 2.75) is 12.8 Å². The highest BCUT2D eigenvalue weighted by molar-refractivity contribution is 5.53. The summed E-state index contributed by atoms with van der Waals surface area (Å²) in [5, 5.41) is 0. The Hall–Kier alpha value is -1.40. The summed E-state index contributed by atoms with van der Waals surface area (Å²) >= 11 is 0. The van der Waals surface area contributed by atoms with E-state index in [1.54, 1.807) is 6.07 Å². The van der Waals surface area contributed by atoms with E-state index in [-0.39, 0.29) is 0 Å². The minimum absolute atomic E-state index is 0.705. The first-order valence-corrected chi connectivity index (χ1v) is 3.83. The minimum Gasteiger partial charge on any atom is -0.211 e. The van der Waals surface area contributed by atoms with E-state index in [2.05, 4.69) is 11.9 Å². The van der Waals surface area contributed by atoms with Crippen LogP contribution in [-0.2, 0) is 11.2 Å². The number of benzene rings is 1. The summed E-state index contributed by atoms with van der Waals surface area (Å²) in [6.45, 7) is 3.74. The zero-order valence-corrected chi connectivity index (χ0v) is 6.79. The van der Waals surface area contributed by atoms with Crippen LogP contribution in [0.4, 0.5) is 5.69 Å². The van der Waals surface area contributed by atoms with E-state index in [1.807, 2.05) is 18.2 Å². The van der Waals surface area contributed by atoms with E-state index in [9.17, 15) is 4.79 Å². The fourth-order valence-electron chi connectivity index (χ4n) is 1.07. The molecular weight excluding hydrogens is 150 g/mol.